The minimum atomic E-state index is -0.793. The number of rotatable bonds is 4. The van der Waals surface area contributed by atoms with Gasteiger partial charge in [0.2, 0.25) is 23.5 Å². The monoisotopic (exact) mass is 418 g/mol. The van der Waals surface area contributed by atoms with Crippen molar-refractivity contribution >= 4 is 22.9 Å². The first kappa shape index (κ1) is 19.0. The van der Waals surface area contributed by atoms with E-state index in [9.17, 15) is 14.4 Å². The molecule has 2 amide bonds. The van der Waals surface area contributed by atoms with Gasteiger partial charge in [0.25, 0.3) is 0 Å². The third-order valence-corrected chi connectivity index (χ3v) is 5.33. The molecule has 1 atom stereocenters. The molecular formula is C22H18N4O5. The Morgan fingerprint density at radius 1 is 1.13 bits per heavy atom. The Hall–Kier alpha value is -4.01. The van der Waals surface area contributed by atoms with Gasteiger partial charge in [-0.15, -0.1) is 0 Å². The number of benzene rings is 2. The van der Waals surface area contributed by atoms with Gasteiger partial charge in [0, 0.05) is 12.0 Å². The molecule has 9 heteroatoms. The normalized spacial score (nSPS) is 16.6. The molecule has 2 aromatic carbocycles. The first-order valence-corrected chi connectivity index (χ1v) is 9.85. The molecule has 31 heavy (non-hydrogen) atoms. The van der Waals surface area contributed by atoms with Crippen molar-refractivity contribution in [2.75, 3.05) is 0 Å². The standard InChI is InChI=1S/C22H18N4O5/c1-12-2-5-14(6-3-12)20-24-19(31-25-20)11-13-4-8-17-16(10-13)26(22(29)30-17)15-7-9-18(27)23-21(15)28/h2-6,8,10,15H,7,9,11H2,1H3,(H,23,27,28). The van der Waals surface area contributed by atoms with Crippen LogP contribution in [0.2, 0.25) is 0 Å². The maximum Gasteiger partial charge on any atom is 0.420 e. The zero-order valence-corrected chi connectivity index (χ0v) is 16.6. The third-order valence-electron chi connectivity index (χ3n) is 5.33. The van der Waals surface area contributed by atoms with Crippen molar-refractivity contribution in [1.29, 1.82) is 0 Å². The number of fused-ring (bicyclic) bond motifs is 1. The molecule has 0 radical (unpaired) electrons. The SMILES string of the molecule is Cc1ccc(-c2noc(Cc3ccc4oc(=O)n(C5CCC(=O)NC5=O)c4c3)n2)cc1. The molecule has 1 aliphatic rings. The number of nitrogens with zero attached hydrogens (tertiary/aromatic N) is 3. The summed E-state index contributed by atoms with van der Waals surface area (Å²) in [6.07, 6.45) is 0.759. The lowest BCUT2D eigenvalue weighted by Gasteiger charge is -2.21. The second-order valence-electron chi connectivity index (χ2n) is 7.56. The van der Waals surface area contributed by atoms with Gasteiger partial charge in [-0.2, -0.15) is 4.98 Å². The van der Waals surface area contributed by atoms with Crippen LogP contribution in [0.5, 0.6) is 0 Å². The third kappa shape index (κ3) is 3.54. The van der Waals surface area contributed by atoms with E-state index < -0.39 is 17.7 Å². The maximum absolute atomic E-state index is 12.4. The van der Waals surface area contributed by atoms with Crippen molar-refractivity contribution in [2.45, 2.75) is 32.2 Å². The number of carbonyl (C=O) groups excluding carboxylic acids is 2. The van der Waals surface area contributed by atoms with E-state index >= 15 is 0 Å². The Morgan fingerprint density at radius 3 is 2.71 bits per heavy atom. The number of amides is 2. The number of oxazole rings is 1. The molecule has 1 fully saturated rings. The number of nitrogens with one attached hydrogen (secondary N) is 1. The molecule has 3 heterocycles. The summed E-state index contributed by atoms with van der Waals surface area (Å²) in [6, 6.07) is 12.3. The Bertz CT molecular complexity index is 1360. The fourth-order valence-electron chi connectivity index (χ4n) is 3.73. The number of aryl methyl sites for hydroxylation is 1. The predicted molar refractivity (Wildman–Crippen MR) is 109 cm³/mol. The molecule has 1 unspecified atom stereocenters. The van der Waals surface area contributed by atoms with Gasteiger partial charge in [0.15, 0.2) is 5.58 Å². The van der Waals surface area contributed by atoms with Crippen LogP contribution < -0.4 is 11.1 Å². The first-order valence-electron chi connectivity index (χ1n) is 9.85. The molecule has 1 saturated heterocycles. The second kappa shape index (κ2) is 7.35. The Balaban J connectivity index is 1.45. The van der Waals surface area contributed by atoms with E-state index in [1.165, 1.54) is 4.57 Å². The molecule has 0 bridgehead atoms. The van der Waals surface area contributed by atoms with Gasteiger partial charge >= 0.3 is 5.76 Å². The number of carbonyl (C=O) groups is 2. The van der Waals surface area contributed by atoms with E-state index in [0.717, 1.165) is 16.7 Å². The average Bonchev–Trinajstić information content (AvgIpc) is 3.33. The predicted octanol–water partition coefficient (Wildman–Crippen LogP) is 2.52. The van der Waals surface area contributed by atoms with Crippen LogP contribution >= 0.6 is 0 Å². The fourth-order valence-corrected chi connectivity index (χ4v) is 3.73. The largest absolute Gasteiger partial charge is 0.420 e. The second-order valence-corrected chi connectivity index (χ2v) is 7.56. The molecule has 5 rings (SSSR count). The quantitative estimate of drug-likeness (QED) is 0.506. The lowest BCUT2D eigenvalue weighted by Crippen LogP contribution is -2.43. The van der Waals surface area contributed by atoms with Crippen molar-refractivity contribution in [3.63, 3.8) is 0 Å². The molecule has 0 saturated carbocycles. The van der Waals surface area contributed by atoms with Crippen LogP contribution in [0.15, 0.2) is 56.2 Å². The molecule has 0 aliphatic carbocycles. The molecule has 0 spiro atoms. The molecule has 4 aromatic rings. The van der Waals surface area contributed by atoms with Crippen LogP contribution in [0.1, 0.15) is 35.9 Å². The number of hydrogen-bond acceptors (Lipinski definition) is 7. The van der Waals surface area contributed by atoms with Gasteiger partial charge < -0.3 is 8.94 Å². The molecule has 9 nitrogen and oxygen atoms in total. The van der Waals surface area contributed by atoms with Crippen molar-refractivity contribution in [2.24, 2.45) is 0 Å². The summed E-state index contributed by atoms with van der Waals surface area (Å²) in [4.78, 5) is 40.6. The topological polar surface area (TPSA) is 120 Å². The van der Waals surface area contributed by atoms with Crippen LogP contribution in [0.25, 0.3) is 22.5 Å². The zero-order chi connectivity index (χ0) is 21.5. The van der Waals surface area contributed by atoms with Crippen LogP contribution in [0.4, 0.5) is 0 Å². The summed E-state index contributed by atoms with van der Waals surface area (Å²) < 4.78 is 12.0. The molecular weight excluding hydrogens is 400 g/mol. The lowest BCUT2D eigenvalue weighted by molar-refractivity contribution is -0.135. The van der Waals surface area contributed by atoms with Crippen LogP contribution in [0.3, 0.4) is 0 Å². The highest BCUT2D eigenvalue weighted by Gasteiger charge is 2.31. The molecule has 1 aliphatic heterocycles. The lowest BCUT2D eigenvalue weighted by atomic mass is 10.1. The van der Waals surface area contributed by atoms with Gasteiger partial charge in [-0.1, -0.05) is 41.1 Å². The highest BCUT2D eigenvalue weighted by molar-refractivity contribution is 6.00. The Kier molecular flexibility index (Phi) is 4.50. The van der Waals surface area contributed by atoms with E-state index in [4.69, 9.17) is 8.94 Å². The van der Waals surface area contributed by atoms with Gasteiger partial charge in [-0.3, -0.25) is 19.5 Å². The minimum absolute atomic E-state index is 0.166. The maximum atomic E-state index is 12.4. The Morgan fingerprint density at radius 2 is 1.94 bits per heavy atom. The van der Waals surface area contributed by atoms with Gasteiger partial charge in [-0.05, 0) is 31.0 Å². The van der Waals surface area contributed by atoms with E-state index in [0.29, 0.717) is 29.2 Å². The highest BCUT2D eigenvalue weighted by atomic mass is 16.5. The summed E-state index contributed by atoms with van der Waals surface area (Å²) in [6.45, 7) is 2.01. The van der Waals surface area contributed by atoms with Gasteiger partial charge in [0.05, 0.1) is 11.9 Å². The van der Waals surface area contributed by atoms with Crippen LogP contribution in [0, 0.1) is 6.92 Å². The molecule has 2 aromatic heterocycles. The number of hydrogen-bond donors (Lipinski definition) is 1. The minimum Gasteiger partial charge on any atom is -0.408 e. The smallest absolute Gasteiger partial charge is 0.408 e. The summed E-state index contributed by atoms with van der Waals surface area (Å²) in [7, 11) is 0. The molecule has 1 N–H and O–H groups in total. The van der Waals surface area contributed by atoms with E-state index in [-0.39, 0.29) is 18.7 Å². The van der Waals surface area contributed by atoms with E-state index in [1.54, 1.807) is 18.2 Å². The van der Waals surface area contributed by atoms with Crippen molar-refractivity contribution in [1.82, 2.24) is 20.0 Å². The van der Waals surface area contributed by atoms with Crippen molar-refractivity contribution in [3.8, 4) is 11.4 Å². The van der Waals surface area contributed by atoms with Crippen molar-refractivity contribution in [3.05, 3.63) is 70.0 Å². The summed E-state index contributed by atoms with van der Waals surface area (Å²) in [5, 5.41) is 6.32. The van der Waals surface area contributed by atoms with Crippen molar-refractivity contribution < 1.29 is 18.5 Å². The number of piperidine rings is 1. The zero-order valence-electron chi connectivity index (χ0n) is 16.6. The first-order chi connectivity index (χ1) is 15.0. The summed E-state index contributed by atoms with van der Waals surface area (Å²) >= 11 is 0. The van der Waals surface area contributed by atoms with Crippen LogP contribution in [-0.2, 0) is 16.0 Å². The number of aromatic nitrogens is 3. The molecule has 156 valence electrons. The average molecular weight is 418 g/mol. The van der Waals surface area contributed by atoms with Gasteiger partial charge in [0.1, 0.15) is 6.04 Å². The fraction of sp³-hybridized carbons (Fsp3) is 0.227. The van der Waals surface area contributed by atoms with Gasteiger partial charge in [-0.25, -0.2) is 4.79 Å². The van der Waals surface area contributed by atoms with E-state index in [2.05, 4.69) is 15.5 Å². The summed E-state index contributed by atoms with van der Waals surface area (Å²) in [5.41, 5.74) is 3.66. The van der Waals surface area contributed by atoms with Crippen LogP contribution in [-0.4, -0.2) is 26.5 Å². The van der Waals surface area contributed by atoms with E-state index in [1.807, 2.05) is 31.2 Å². The Labute approximate surface area is 175 Å². The highest BCUT2D eigenvalue weighted by Crippen LogP contribution is 2.25. The summed E-state index contributed by atoms with van der Waals surface area (Å²) in [5.74, 6) is -0.566. The number of imide groups is 1.